The van der Waals surface area contributed by atoms with Crippen molar-refractivity contribution in [3.05, 3.63) is 89.2 Å². The number of hydrogen-bond donors (Lipinski definition) is 2. The van der Waals surface area contributed by atoms with Gasteiger partial charge in [0.05, 0.1) is 17.2 Å². The van der Waals surface area contributed by atoms with Gasteiger partial charge in [0.15, 0.2) is 15.7 Å². The third kappa shape index (κ3) is 5.98. The minimum absolute atomic E-state index is 0.185. The predicted octanol–water partition coefficient (Wildman–Crippen LogP) is 0.950. The number of hydrogen-bond acceptors (Lipinski definition) is 5. The number of rotatable bonds is 8. The van der Waals surface area contributed by atoms with E-state index in [1.165, 1.54) is 12.4 Å². The molecule has 0 aliphatic heterocycles. The highest BCUT2D eigenvalue weighted by atomic mass is 16.5. The second-order valence-electron chi connectivity index (χ2n) is 8.36. The molecule has 7 nitrogen and oxygen atoms in total. The van der Waals surface area contributed by atoms with Gasteiger partial charge in [0.2, 0.25) is 5.91 Å². The van der Waals surface area contributed by atoms with Crippen LogP contribution in [0.2, 0.25) is 0 Å². The Bertz CT molecular complexity index is 1120. The maximum Gasteiger partial charge on any atom is 0.255 e. The third-order valence-electron chi connectivity index (χ3n) is 4.90. The Morgan fingerprint density at radius 1 is 1.06 bits per heavy atom. The molecule has 0 aliphatic carbocycles. The largest absolute Gasteiger partial charge is 0.499 e. The SMILES string of the molecule is BC(B)(Oc1cncc(C(N)=O)c1)c1cccc(NC(=O)c2ccc(CN(C)C)cc2)c1. The topological polar surface area (TPSA) is 97.5 Å². The number of benzene rings is 2. The van der Waals surface area contributed by atoms with Gasteiger partial charge in [-0.3, -0.25) is 14.6 Å². The van der Waals surface area contributed by atoms with Crippen LogP contribution >= 0.6 is 0 Å². The second-order valence-corrected chi connectivity index (χ2v) is 8.36. The van der Waals surface area contributed by atoms with Crippen molar-refractivity contribution in [2.75, 3.05) is 19.4 Å². The Morgan fingerprint density at radius 3 is 2.44 bits per heavy atom. The summed E-state index contributed by atoms with van der Waals surface area (Å²) in [6.45, 7) is 0.816. The normalized spacial score (nSPS) is 11.2. The molecule has 32 heavy (non-hydrogen) atoms. The zero-order chi connectivity index (χ0) is 23.3. The smallest absolute Gasteiger partial charge is 0.255 e. The summed E-state index contributed by atoms with van der Waals surface area (Å²) in [6.07, 6.45) is 2.92. The molecule has 1 aromatic heterocycles. The van der Waals surface area contributed by atoms with Crippen molar-refractivity contribution in [1.82, 2.24) is 9.88 Å². The van der Waals surface area contributed by atoms with Crippen LogP contribution in [0.5, 0.6) is 5.75 Å². The van der Waals surface area contributed by atoms with E-state index >= 15 is 0 Å². The van der Waals surface area contributed by atoms with Gasteiger partial charge < -0.3 is 20.7 Å². The van der Waals surface area contributed by atoms with Crippen molar-refractivity contribution in [2.45, 2.75) is 11.9 Å². The van der Waals surface area contributed by atoms with E-state index < -0.39 is 11.3 Å². The number of primary amides is 1. The second kappa shape index (κ2) is 9.70. The van der Waals surface area contributed by atoms with Gasteiger partial charge in [-0.05, 0) is 55.6 Å². The van der Waals surface area contributed by atoms with Crippen molar-refractivity contribution in [2.24, 2.45) is 5.73 Å². The molecule has 2 amide bonds. The number of ether oxygens (including phenoxy) is 1. The summed E-state index contributed by atoms with van der Waals surface area (Å²) in [6, 6.07) is 16.6. The van der Waals surface area contributed by atoms with Gasteiger partial charge in [-0.1, -0.05) is 24.3 Å². The molecular weight excluding hydrogens is 402 g/mol. The Morgan fingerprint density at radius 2 is 1.78 bits per heavy atom. The maximum atomic E-state index is 12.7. The van der Waals surface area contributed by atoms with Crippen LogP contribution < -0.4 is 15.8 Å². The summed E-state index contributed by atoms with van der Waals surface area (Å²) in [5.41, 5.74) is 8.83. The Kier molecular flexibility index (Phi) is 7.00. The molecule has 3 aromatic rings. The molecule has 0 saturated carbocycles. The van der Waals surface area contributed by atoms with Gasteiger partial charge in [0.1, 0.15) is 5.75 Å². The number of carbonyl (C=O) groups is 2. The minimum Gasteiger partial charge on any atom is -0.499 e. The number of nitrogens with zero attached hydrogens (tertiary/aromatic N) is 2. The highest BCUT2D eigenvalue weighted by Crippen LogP contribution is 2.25. The van der Waals surface area contributed by atoms with Crippen LogP contribution in [0.4, 0.5) is 5.69 Å². The summed E-state index contributed by atoms with van der Waals surface area (Å²) in [5, 5.41) is 2.20. The number of aromatic nitrogens is 1. The molecule has 0 fully saturated rings. The highest BCUT2D eigenvalue weighted by Gasteiger charge is 2.24. The van der Waals surface area contributed by atoms with Crippen LogP contribution in [0.3, 0.4) is 0 Å². The van der Waals surface area contributed by atoms with Gasteiger partial charge in [-0.15, -0.1) is 0 Å². The molecule has 0 spiro atoms. The van der Waals surface area contributed by atoms with Crippen LogP contribution in [0.15, 0.2) is 67.0 Å². The number of nitrogens with two attached hydrogens (primary N) is 1. The van der Waals surface area contributed by atoms with Crippen molar-refractivity contribution >= 4 is 33.2 Å². The molecule has 0 radical (unpaired) electrons. The van der Waals surface area contributed by atoms with Gasteiger partial charge >= 0.3 is 0 Å². The first-order valence-corrected chi connectivity index (χ1v) is 10.2. The van der Waals surface area contributed by atoms with E-state index in [0.29, 0.717) is 17.0 Å². The van der Waals surface area contributed by atoms with Gasteiger partial charge in [-0.25, -0.2) is 0 Å². The average Bonchev–Trinajstić information content (AvgIpc) is 2.74. The fourth-order valence-electron chi connectivity index (χ4n) is 3.26. The van der Waals surface area contributed by atoms with E-state index in [2.05, 4.69) is 15.2 Å². The number of anilines is 1. The van der Waals surface area contributed by atoms with Crippen molar-refractivity contribution in [3.8, 4) is 5.75 Å². The van der Waals surface area contributed by atoms with Gasteiger partial charge in [-0.2, -0.15) is 0 Å². The lowest BCUT2D eigenvalue weighted by Gasteiger charge is -2.28. The highest BCUT2D eigenvalue weighted by molar-refractivity contribution is 6.39. The molecule has 0 saturated heterocycles. The van der Waals surface area contributed by atoms with Crippen LogP contribution in [-0.4, -0.2) is 51.5 Å². The van der Waals surface area contributed by atoms with Crippen molar-refractivity contribution < 1.29 is 14.3 Å². The number of nitrogens with one attached hydrogen (secondary N) is 1. The van der Waals surface area contributed by atoms with Crippen LogP contribution in [-0.2, 0) is 11.9 Å². The summed E-state index contributed by atoms with van der Waals surface area (Å²) >= 11 is 0. The number of carbonyl (C=O) groups excluding carboxylic acids is 2. The summed E-state index contributed by atoms with van der Waals surface area (Å²) in [7, 11) is 7.80. The minimum atomic E-state index is -0.744. The Labute approximate surface area is 189 Å². The molecule has 1 heterocycles. The molecule has 3 rings (SSSR count). The molecule has 2 aromatic carbocycles. The first kappa shape index (κ1) is 23.1. The maximum absolute atomic E-state index is 12.7. The van der Waals surface area contributed by atoms with Gasteiger partial charge in [0.25, 0.3) is 5.91 Å². The lowest BCUT2D eigenvalue weighted by molar-refractivity contribution is 0.0996. The average molecular weight is 428 g/mol. The van der Waals surface area contributed by atoms with Crippen molar-refractivity contribution in [3.63, 3.8) is 0 Å². The molecule has 3 N–H and O–H groups in total. The van der Waals surface area contributed by atoms with Crippen LogP contribution in [0.25, 0.3) is 0 Å². The molecule has 162 valence electrons. The van der Waals surface area contributed by atoms with Gasteiger partial charge in [0, 0.05) is 24.0 Å². The predicted molar refractivity (Wildman–Crippen MR) is 130 cm³/mol. The Hall–Kier alpha value is -3.58. The van der Waals surface area contributed by atoms with Crippen molar-refractivity contribution in [1.29, 1.82) is 0 Å². The van der Waals surface area contributed by atoms with E-state index in [-0.39, 0.29) is 11.5 Å². The zero-order valence-corrected chi connectivity index (χ0v) is 18.8. The van der Waals surface area contributed by atoms with E-state index in [4.69, 9.17) is 10.5 Å². The monoisotopic (exact) mass is 428 g/mol. The molecular formula is C23H26B2N4O3. The Balaban J connectivity index is 1.73. The number of amides is 2. The molecule has 0 atom stereocenters. The molecule has 0 bridgehead atoms. The molecule has 0 aliphatic rings. The molecule has 0 unspecified atom stereocenters. The van der Waals surface area contributed by atoms with Crippen LogP contribution in [0, 0.1) is 0 Å². The number of pyridine rings is 1. The first-order chi connectivity index (χ1) is 15.1. The van der Waals surface area contributed by atoms with Crippen LogP contribution in [0.1, 0.15) is 31.8 Å². The standard InChI is InChI=1S/C23H26B2N4O3/c1-29(2)14-15-6-8-16(9-7-15)22(31)28-19-5-3-4-18(11-19)23(24,25)32-20-10-17(21(26)30)12-27-13-20/h3-13H,14,24-25H2,1-2H3,(H2,26,30)(H,28,31). The van der Waals surface area contributed by atoms with E-state index in [1.807, 2.05) is 78.3 Å². The fraction of sp³-hybridized carbons (Fsp3) is 0.174. The fourth-order valence-corrected chi connectivity index (χ4v) is 3.26. The van der Waals surface area contributed by atoms with E-state index in [1.54, 1.807) is 6.07 Å². The molecule has 9 heteroatoms. The first-order valence-electron chi connectivity index (χ1n) is 10.2. The zero-order valence-electron chi connectivity index (χ0n) is 18.8. The summed E-state index contributed by atoms with van der Waals surface area (Å²) in [5.74, 6) is -0.325. The third-order valence-corrected chi connectivity index (χ3v) is 4.90. The quantitative estimate of drug-likeness (QED) is 0.521. The summed E-state index contributed by atoms with van der Waals surface area (Å²) in [4.78, 5) is 30.2. The van der Waals surface area contributed by atoms with E-state index in [9.17, 15) is 9.59 Å². The lowest BCUT2D eigenvalue weighted by atomic mass is 9.61. The summed E-state index contributed by atoms with van der Waals surface area (Å²) < 4.78 is 6.08. The van der Waals surface area contributed by atoms with E-state index in [0.717, 1.165) is 17.7 Å². The lowest BCUT2D eigenvalue weighted by Crippen LogP contribution is -2.34.